The van der Waals surface area contributed by atoms with E-state index >= 15 is 0 Å². The van der Waals surface area contributed by atoms with E-state index in [-0.39, 0.29) is 6.10 Å². The second-order valence-corrected chi connectivity index (χ2v) is 5.85. The van der Waals surface area contributed by atoms with Crippen LogP contribution in [-0.2, 0) is 12.8 Å². The van der Waals surface area contributed by atoms with Gasteiger partial charge in [0.2, 0.25) is 0 Å². The van der Waals surface area contributed by atoms with Gasteiger partial charge in [0.15, 0.2) is 0 Å². The average Bonchev–Trinajstić information content (AvgIpc) is 2.57. The van der Waals surface area contributed by atoms with Crippen LogP contribution in [0.15, 0.2) is 4.21 Å². The van der Waals surface area contributed by atoms with Crippen molar-refractivity contribution in [2.45, 2.75) is 42.9 Å². The molecule has 1 unspecified atom stereocenters. The summed E-state index contributed by atoms with van der Waals surface area (Å²) < 4.78 is 1.34. The molecule has 0 saturated carbocycles. The molecule has 1 atom stereocenters. The number of thioether (sulfide) groups is 1. The number of aliphatic hydroxyl groups excluding tert-OH is 1. The molecule has 78 valence electrons. The van der Waals surface area contributed by atoms with Gasteiger partial charge in [0.05, 0.1) is 10.3 Å². The number of hydrogen-bond acceptors (Lipinski definition) is 3. The summed E-state index contributed by atoms with van der Waals surface area (Å²) in [5, 5.41) is 9.98. The first kappa shape index (κ1) is 10.5. The van der Waals surface area contributed by atoms with Gasteiger partial charge in [-0.15, -0.1) is 23.1 Å². The Kier molecular flexibility index (Phi) is 3.20. The van der Waals surface area contributed by atoms with Crippen LogP contribution < -0.4 is 0 Å². The van der Waals surface area contributed by atoms with Crippen molar-refractivity contribution in [1.82, 2.24) is 0 Å². The van der Waals surface area contributed by atoms with Gasteiger partial charge >= 0.3 is 0 Å². The van der Waals surface area contributed by atoms with Gasteiger partial charge in [-0.25, -0.2) is 0 Å². The number of aryl methyl sites for hydroxylation is 1. The number of hydrogen-bond donors (Lipinski definition) is 1. The standard InChI is InChI=1S/C11H16OS2/c1-3-9-7-5-4-6-8(12)10(7)11(13-2)14-9/h8,12H,3-6H2,1-2H3. The minimum atomic E-state index is -0.197. The third-order valence-electron chi connectivity index (χ3n) is 2.84. The molecule has 1 aromatic rings. The Labute approximate surface area is 93.5 Å². The van der Waals surface area contributed by atoms with Gasteiger partial charge in [0.1, 0.15) is 0 Å². The van der Waals surface area contributed by atoms with Crippen LogP contribution in [0.25, 0.3) is 0 Å². The fourth-order valence-electron chi connectivity index (χ4n) is 2.17. The van der Waals surface area contributed by atoms with Crippen molar-refractivity contribution >= 4 is 23.1 Å². The van der Waals surface area contributed by atoms with Gasteiger partial charge in [-0.3, -0.25) is 0 Å². The smallest absolute Gasteiger partial charge is 0.0812 e. The second-order valence-electron chi connectivity index (χ2n) is 3.67. The summed E-state index contributed by atoms with van der Waals surface area (Å²) >= 11 is 3.66. The Balaban J connectivity index is 2.50. The molecule has 0 spiro atoms. The lowest BCUT2D eigenvalue weighted by Crippen LogP contribution is -2.08. The Morgan fingerprint density at radius 2 is 2.36 bits per heavy atom. The third kappa shape index (κ3) is 1.62. The third-order valence-corrected chi connectivity index (χ3v) is 5.37. The zero-order chi connectivity index (χ0) is 10.1. The quantitative estimate of drug-likeness (QED) is 0.783. The van der Waals surface area contributed by atoms with Crippen LogP contribution in [0, 0.1) is 0 Å². The molecule has 1 aromatic heterocycles. The maximum Gasteiger partial charge on any atom is 0.0812 e. The van der Waals surface area contributed by atoms with Crippen molar-refractivity contribution in [2.24, 2.45) is 0 Å². The highest BCUT2D eigenvalue weighted by molar-refractivity contribution is 8.00. The van der Waals surface area contributed by atoms with Crippen molar-refractivity contribution in [1.29, 1.82) is 0 Å². The predicted molar refractivity (Wildman–Crippen MR) is 63.4 cm³/mol. The largest absolute Gasteiger partial charge is 0.388 e. The maximum absolute atomic E-state index is 9.98. The van der Waals surface area contributed by atoms with Crippen molar-refractivity contribution < 1.29 is 5.11 Å². The number of fused-ring (bicyclic) bond motifs is 1. The molecule has 0 radical (unpaired) electrons. The monoisotopic (exact) mass is 228 g/mol. The molecule has 2 rings (SSSR count). The van der Waals surface area contributed by atoms with E-state index in [4.69, 9.17) is 0 Å². The van der Waals surface area contributed by atoms with Crippen molar-refractivity contribution in [2.75, 3.05) is 6.26 Å². The van der Waals surface area contributed by atoms with Gasteiger partial charge in [0, 0.05) is 10.4 Å². The van der Waals surface area contributed by atoms with Gasteiger partial charge in [-0.1, -0.05) is 6.92 Å². The molecular weight excluding hydrogens is 212 g/mol. The first-order chi connectivity index (χ1) is 6.77. The summed E-state index contributed by atoms with van der Waals surface area (Å²) in [5.41, 5.74) is 2.71. The highest BCUT2D eigenvalue weighted by Gasteiger charge is 2.25. The fraction of sp³-hybridized carbons (Fsp3) is 0.636. The highest BCUT2D eigenvalue weighted by Crippen LogP contribution is 2.43. The zero-order valence-corrected chi connectivity index (χ0v) is 10.3. The predicted octanol–water partition coefficient (Wildman–Crippen LogP) is 3.40. The Morgan fingerprint density at radius 1 is 1.57 bits per heavy atom. The average molecular weight is 228 g/mol. The molecule has 0 saturated heterocycles. The van der Waals surface area contributed by atoms with Gasteiger partial charge in [0.25, 0.3) is 0 Å². The number of thiophene rings is 1. The molecule has 0 bridgehead atoms. The van der Waals surface area contributed by atoms with Gasteiger partial charge in [-0.2, -0.15) is 0 Å². The molecule has 1 N–H and O–H groups in total. The minimum Gasteiger partial charge on any atom is -0.388 e. The summed E-state index contributed by atoms with van der Waals surface area (Å²) in [7, 11) is 0. The number of rotatable bonds is 2. The maximum atomic E-state index is 9.98. The molecule has 1 aliphatic rings. The Bertz CT molecular complexity index is 330. The lowest BCUT2D eigenvalue weighted by atomic mass is 9.91. The summed E-state index contributed by atoms with van der Waals surface area (Å²) in [6.45, 7) is 2.21. The molecule has 3 heteroatoms. The van der Waals surface area contributed by atoms with Gasteiger partial charge in [-0.05, 0) is 37.5 Å². The van der Waals surface area contributed by atoms with E-state index < -0.39 is 0 Å². The van der Waals surface area contributed by atoms with Gasteiger partial charge < -0.3 is 5.11 Å². The molecule has 0 aliphatic heterocycles. The van der Waals surface area contributed by atoms with Crippen LogP contribution >= 0.6 is 23.1 Å². The van der Waals surface area contributed by atoms with Crippen LogP contribution in [0.1, 0.15) is 41.9 Å². The van der Waals surface area contributed by atoms with Crippen LogP contribution in [-0.4, -0.2) is 11.4 Å². The van der Waals surface area contributed by atoms with E-state index in [9.17, 15) is 5.11 Å². The molecule has 1 heterocycles. The highest BCUT2D eigenvalue weighted by atomic mass is 32.2. The van der Waals surface area contributed by atoms with Crippen LogP contribution in [0.3, 0.4) is 0 Å². The first-order valence-corrected chi connectivity index (χ1v) is 7.18. The van der Waals surface area contributed by atoms with Crippen molar-refractivity contribution in [3.05, 3.63) is 16.0 Å². The van der Waals surface area contributed by atoms with E-state index in [2.05, 4.69) is 13.2 Å². The number of aliphatic hydroxyl groups is 1. The lowest BCUT2D eigenvalue weighted by molar-refractivity contribution is 0.154. The molecule has 0 amide bonds. The molecule has 0 fully saturated rings. The lowest BCUT2D eigenvalue weighted by Gasteiger charge is -2.19. The van der Waals surface area contributed by atoms with Crippen LogP contribution in [0.5, 0.6) is 0 Å². The normalized spacial score (nSPS) is 20.9. The molecule has 0 aromatic carbocycles. The first-order valence-electron chi connectivity index (χ1n) is 5.14. The minimum absolute atomic E-state index is 0.197. The molecule has 1 nitrogen and oxygen atoms in total. The Hall–Kier alpha value is 0.01000. The van der Waals surface area contributed by atoms with E-state index in [0.717, 1.165) is 19.3 Å². The SMILES string of the molecule is CCc1sc(SC)c2c1CCCC2O. The summed E-state index contributed by atoms with van der Waals surface area (Å²) in [5.74, 6) is 0. The summed E-state index contributed by atoms with van der Waals surface area (Å²) in [6, 6.07) is 0. The molecule has 1 aliphatic carbocycles. The molecule has 14 heavy (non-hydrogen) atoms. The van der Waals surface area contributed by atoms with E-state index in [1.807, 2.05) is 11.3 Å². The van der Waals surface area contributed by atoms with Crippen LogP contribution in [0.4, 0.5) is 0 Å². The van der Waals surface area contributed by atoms with E-state index in [0.29, 0.717) is 0 Å². The summed E-state index contributed by atoms with van der Waals surface area (Å²) in [4.78, 5) is 1.49. The topological polar surface area (TPSA) is 20.2 Å². The van der Waals surface area contributed by atoms with Crippen molar-refractivity contribution in [3.8, 4) is 0 Å². The van der Waals surface area contributed by atoms with E-state index in [1.165, 1.54) is 26.6 Å². The molecular formula is C11H16OS2. The van der Waals surface area contributed by atoms with Crippen molar-refractivity contribution in [3.63, 3.8) is 0 Å². The fourth-order valence-corrected chi connectivity index (χ4v) is 4.35. The Morgan fingerprint density at radius 3 is 3.00 bits per heavy atom. The second kappa shape index (κ2) is 4.25. The van der Waals surface area contributed by atoms with E-state index in [1.54, 1.807) is 11.8 Å². The van der Waals surface area contributed by atoms with Crippen LogP contribution in [0.2, 0.25) is 0 Å². The zero-order valence-electron chi connectivity index (χ0n) is 8.67. The summed E-state index contributed by atoms with van der Waals surface area (Å²) in [6.07, 6.45) is 6.28.